The van der Waals surface area contributed by atoms with E-state index >= 15 is 0 Å². The van der Waals surface area contributed by atoms with Gasteiger partial charge in [-0.1, -0.05) is 30.3 Å². The van der Waals surface area contributed by atoms with Gasteiger partial charge in [-0.05, 0) is 96.9 Å². The molecule has 0 spiro atoms. The van der Waals surface area contributed by atoms with Crippen LogP contribution in [0.2, 0.25) is 0 Å². The Morgan fingerprint density at radius 3 is 2.51 bits per heavy atom. The second-order valence-corrected chi connectivity index (χ2v) is 11.2. The number of likely N-dealkylation sites (N-methyl/N-ethyl adjacent to an activating group) is 1. The lowest BCUT2D eigenvalue weighted by atomic mass is 9.93. The first-order chi connectivity index (χ1) is 19.9. The van der Waals surface area contributed by atoms with Gasteiger partial charge >= 0.3 is 0 Å². The van der Waals surface area contributed by atoms with Crippen molar-refractivity contribution in [3.8, 4) is 16.9 Å². The Morgan fingerprint density at radius 2 is 1.80 bits per heavy atom. The van der Waals surface area contributed by atoms with Gasteiger partial charge in [-0.3, -0.25) is 9.63 Å². The number of hydrogen-bond donors (Lipinski definition) is 2. The highest BCUT2D eigenvalue weighted by Crippen LogP contribution is 2.34. The van der Waals surface area contributed by atoms with Crippen LogP contribution in [-0.4, -0.2) is 59.6 Å². The molecule has 1 saturated carbocycles. The Morgan fingerprint density at radius 1 is 1.07 bits per heavy atom. The monoisotopic (exact) mass is 563 g/mol. The zero-order valence-corrected chi connectivity index (χ0v) is 23.1. The van der Waals surface area contributed by atoms with Crippen LogP contribution in [0, 0.1) is 11.6 Å². The summed E-state index contributed by atoms with van der Waals surface area (Å²) in [5, 5.41) is 11.5. The molecule has 0 aromatic heterocycles. The van der Waals surface area contributed by atoms with E-state index in [1.807, 2.05) is 18.2 Å². The van der Waals surface area contributed by atoms with E-state index in [0.29, 0.717) is 12.1 Å². The van der Waals surface area contributed by atoms with Gasteiger partial charge in [-0.25, -0.2) is 8.78 Å². The van der Waals surface area contributed by atoms with E-state index in [4.69, 9.17) is 9.57 Å². The van der Waals surface area contributed by atoms with Crippen LogP contribution in [0.3, 0.4) is 0 Å². The molecule has 3 aromatic carbocycles. The van der Waals surface area contributed by atoms with E-state index in [-0.39, 0.29) is 30.2 Å². The standard InChI is InChI=1S/C32H35F2N3O4/c1-36(32(39)30-26-12-6-21(16-23(26)19-40-35-30)20-4-8-24(33)9-5-20)28(18-37-14-2-3-15-37)31(38)22-7-13-29(27(34)17-22)41-25-10-11-25/h4-9,12-13,16-17,25,28,30-31,35,38H,2-3,10-11,14-15,18-19H2,1H3/t28-,30?,31-/m1/s1. The minimum absolute atomic E-state index is 0.0619. The number of carbonyl (C=O) groups excluding carboxylic acids is 1. The first kappa shape index (κ1) is 27.8. The van der Waals surface area contributed by atoms with Crippen molar-refractivity contribution < 1.29 is 28.3 Å². The predicted molar refractivity (Wildman–Crippen MR) is 150 cm³/mol. The molecule has 2 fully saturated rings. The van der Waals surface area contributed by atoms with E-state index in [0.717, 1.165) is 61.0 Å². The third-order valence-corrected chi connectivity index (χ3v) is 8.28. The van der Waals surface area contributed by atoms with Crippen LogP contribution in [0.4, 0.5) is 8.78 Å². The maximum Gasteiger partial charge on any atom is 0.246 e. The van der Waals surface area contributed by atoms with E-state index in [2.05, 4.69) is 10.4 Å². The second-order valence-electron chi connectivity index (χ2n) is 11.2. The molecule has 1 unspecified atom stereocenters. The van der Waals surface area contributed by atoms with Gasteiger partial charge in [0.25, 0.3) is 0 Å². The summed E-state index contributed by atoms with van der Waals surface area (Å²) in [4.78, 5) is 23.4. The fourth-order valence-corrected chi connectivity index (χ4v) is 5.70. The zero-order valence-electron chi connectivity index (χ0n) is 23.1. The van der Waals surface area contributed by atoms with Crippen molar-refractivity contribution in [2.75, 3.05) is 26.7 Å². The van der Waals surface area contributed by atoms with Crippen molar-refractivity contribution in [1.82, 2.24) is 15.3 Å². The summed E-state index contributed by atoms with van der Waals surface area (Å²) in [6, 6.07) is 15.1. The zero-order chi connectivity index (χ0) is 28.5. The SMILES string of the molecule is CN(C(=O)C1NOCc2cc(-c3ccc(F)cc3)ccc21)[C@H](CN1CCCC1)[C@H](O)c1ccc(OC2CC2)c(F)c1. The number of amides is 1. The number of nitrogens with one attached hydrogen (secondary N) is 1. The lowest BCUT2D eigenvalue weighted by Gasteiger charge is -2.38. The third kappa shape index (κ3) is 6.13. The maximum atomic E-state index is 14.9. The highest BCUT2D eigenvalue weighted by Gasteiger charge is 2.37. The molecule has 3 aromatic rings. The largest absolute Gasteiger partial charge is 0.487 e. The van der Waals surface area contributed by atoms with Gasteiger partial charge in [0.15, 0.2) is 11.6 Å². The molecule has 3 atom stereocenters. The van der Waals surface area contributed by atoms with Crippen LogP contribution < -0.4 is 10.2 Å². The van der Waals surface area contributed by atoms with Crippen molar-refractivity contribution in [2.45, 2.75) is 56.6 Å². The van der Waals surface area contributed by atoms with E-state index in [9.17, 15) is 18.7 Å². The van der Waals surface area contributed by atoms with Crippen molar-refractivity contribution >= 4 is 5.91 Å². The average Bonchev–Trinajstić information content (AvgIpc) is 3.66. The number of likely N-dealkylation sites (tertiary alicyclic amines) is 1. The molecular weight excluding hydrogens is 528 g/mol. The predicted octanol–water partition coefficient (Wildman–Crippen LogP) is 4.91. The molecule has 41 heavy (non-hydrogen) atoms. The van der Waals surface area contributed by atoms with Crippen LogP contribution in [0.15, 0.2) is 60.7 Å². The quantitative estimate of drug-likeness (QED) is 0.386. The number of hydrogen-bond acceptors (Lipinski definition) is 6. The molecule has 1 amide bonds. The Kier molecular flexibility index (Phi) is 8.03. The molecule has 2 aliphatic heterocycles. The van der Waals surface area contributed by atoms with E-state index < -0.39 is 24.0 Å². The lowest BCUT2D eigenvalue weighted by molar-refractivity contribution is -0.144. The molecule has 0 bridgehead atoms. The highest BCUT2D eigenvalue weighted by atomic mass is 19.1. The average molecular weight is 564 g/mol. The highest BCUT2D eigenvalue weighted by molar-refractivity contribution is 5.84. The smallest absolute Gasteiger partial charge is 0.246 e. The summed E-state index contributed by atoms with van der Waals surface area (Å²) >= 11 is 0. The second kappa shape index (κ2) is 11.9. The van der Waals surface area contributed by atoms with Gasteiger partial charge in [-0.2, -0.15) is 5.48 Å². The molecule has 1 aliphatic carbocycles. The number of halogens is 2. The van der Waals surface area contributed by atoms with Crippen LogP contribution >= 0.6 is 0 Å². The van der Waals surface area contributed by atoms with Crippen LogP contribution in [-0.2, 0) is 16.2 Å². The van der Waals surface area contributed by atoms with Crippen molar-refractivity contribution in [3.63, 3.8) is 0 Å². The van der Waals surface area contributed by atoms with E-state index in [1.54, 1.807) is 36.2 Å². The first-order valence-corrected chi connectivity index (χ1v) is 14.3. The summed E-state index contributed by atoms with van der Waals surface area (Å²) in [7, 11) is 1.68. The number of carbonyl (C=O) groups is 1. The summed E-state index contributed by atoms with van der Waals surface area (Å²) in [6.07, 6.45) is 2.91. The lowest BCUT2D eigenvalue weighted by Crippen LogP contribution is -2.51. The van der Waals surface area contributed by atoms with Gasteiger partial charge in [0.1, 0.15) is 18.0 Å². The Balaban J connectivity index is 1.24. The Bertz CT molecular complexity index is 1390. The molecule has 0 radical (unpaired) electrons. The molecule has 1 saturated heterocycles. The molecule has 2 heterocycles. The van der Waals surface area contributed by atoms with Gasteiger partial charge in [0.05, 0.1) is 18.8 Å². The molecule has 2 N–H and O–H groups in total. The Labute approximate surface area is 238 Å². The van der Waals surface area contributed by atoms with Crippen molar-refractivity contribution in [1.29, 1.82) is 0 Å². The minimum Gasteiger partial charge on any atom is -0.487 e. The number of benzene rings is 3. The topological polar surface area (TPSA) is 74.3 Å². The van der Waals surface area contributed by atoms with Crippen LogP contribution in [0.1, 0.15) is 54.5 Å². The van der Waals surface area contributed by atoms with Gasteiger partial charge in [0.2, 0.25) is 5.91 Å². The van der Waals surface area contributed by atoms with Crippen LogP contribution in [0.25, 0.3) is 11.1 Å². The summed E-state index contributed by atoms with van der Waals surface area (Å²) in [6.45, 7) is 2.49. The fraction of sp³-hybridized carbons (Fsp3) is 0.406. The van der Waals surface area contributed by atoms with Crippen molar-refractivity contribution in [3.05, 3.63) is 89.0 Å². The summed E-state index contributed by atoms with van der Waals surface area (Å²) in [5.74, 6) is -0.901. The summed E-state index contributed by atoms with van der Waals surface area (Å²) < 4.78 is 33.9. The fourth-order valence-electron chi connectivity index (χ4n) is 5.70. The Hall–Kier alpha value is -3.37. The summed E-state index contributed by atoms with van der Waals surface area (Å²) in [5.41, 5.74) is 6.66. The molecule has 6 rings (SSSR count). The molecule has 9 heteroatoms. The normalized spacial score (nSPS) is 20.3. The number of hydroxylamine groups is 1. The van der Waals surface area contributed by atoms with Gasteiger partial charge < -0.3 is 19.6 Å². The number of ether oxygens (including phenoxy) is 1. The number of aliphatic hydroxyl groups excluding tert-OH is 1. The maximum absolute atomic E-state index is 14.9. The molecule has 216 valence electrons. The van der Waals surface area contributed by atoms with Gasteiger partial charge in [-0.15, -0.1) is 0 Å². The first-order valence-electron chi connectivity index (χ1n) is 14.3. The number of nitrogens with zero attached hydrogens (tertiary/aromatic N) is 2. The molecular formula is C32H35F2N3O4. The van der Waals surface area contributed by atoms with Crippen LogP contribution in [0.5, 0.6) is 5.75 Å². The van der Waals surface area contributed by atoms with Gasteiger partial charge in [0, 0.05) is 13.6 Å². The minimum atomic E-state index is -1.11. The third-order valence-electron chi connectivity index (χ3n) is 8.28. The van der Waals surface area contributed by atoms with E-state index in [1.165, 1.54) is 18.2 Å². The number of aliphatic hydroxyl groups is 1. The molecule has 7 nitrogen and oxygen atoms in total. The molecule has 3 aliphatic rings. The number of fused-ring (bicyclic) bond motifs is 1. The number of rotatable bonds is 9. The van der Waals surface area contributed by atoms with Crippen molar-refractivity contribution in [2.24, 2.45) is 0 Å².